The highest BCUT2D eigenvalue weighted by molar-refractivity contribution is 7.13. The van der Waals surface area contributed by atoms with Gasteiger partial charge in [0.2, 0.25) is 0 Å². The summed E-state index contributed by atoms with van der Waals surface area (Å²) in [4.78, 5) is 22.6. The van der Waals surface area contributed by atoms with Gasteiger partial charge in [-0.05, 0) is 31.0 Å². The van der Waals surface area contributed by atoms with Crippen LogP contribution in [0.5, 0.6) is 0 Å². The summed E-state index contributed by atoms with van der Waals surface area (Å²) in [7, 11) is 0. The van der Waals surface area contributed by atoms with E-state index in [1.807, 2.05) is 12.1 Å². The van der Waals surface area contributed by atoms with Crippen molar-refractivity contribution in [3.8, 4) is 0 Å². The standard InChI is InChI=1S/C15H16N4O4S/c1-2-3-4-12-6-7-13(24-12)10-16-17-14-8-5-11(18(20)21)9-15(14)19(22)23/h5-10,17H,2-4H2,1H3/b16-10+. The highest BCUT2D eigenvalue weighted by atomic mass is 32.1. The van der Waals surface area contributed by atoms with Gasteiger partial charge in [-0.15, -0.1) is 11.3 Å². The first-order chi connectivity index (χ1) is 11.5. The zero-order chi connectivity index (χ0) is 17.5. The van der Waals surface area contributed by atoms with Crippen LogP contribution in [0.2, 0.25) is 0 Å². The highest BCUT2D eigenvalue weighted by Crippen LogP contribution is 2.29. The summed E-state index contributed by atoms with van der Waals surface area (Å²) in [6, 6.07) is 7.35. The number of aryl methyl sites for hydroxylation is 1. The first kappa shape index (κ1) is 17.5. The molecule has 2 aromatic rings. The molecule has 0 saturated heterocycles. The van der Waals surface area contributed by atoms with Crippen LogP contribution in [0.1, 0.15) is 29.5 Å². The van der Waals surface area contributed by atoms with Crippen molar-refractivity contribution in [3.05, 3.63) is 60.3 Å². The largest absolute Gasteiger partial charge is 0.301 e. The number of rotatable bonds is 8. The van der Waals surface area contributed by atoms with Crippen LogP contribution in [-0.4, -0.2) is 16.1 Å². The van der Waals surface area contributed by atoms with E-state index in [0.29, 0.717) is 0 Å². The van der Waals surface area contributed by atoms with E-state index >= 15 is 0 Å². The molecule has 9 heteroatoms. The molecule has 0 spiro atoms. The fraction of sp³-hybridized carbons (Fsp3) is 0.267. The van der Waals surface area contributed by atoms with Crippen molar-refractivity contribution in [1.29, 1.82) is 0 Å². The maximum absolute atomic E-state index is 11.0. The minimum Gasteiger partial charge on any atom is -0.272 e. The first-order valence-electron chi connectivity index (χ1n) is 7.32. The second-order valence-electron chi connectivity index (χ2n) is 4.99. The molecular weight excluding hydrogens is 332 g/mol. The zero-order valence-corrected chi connectivity index (χ0v) is 13.8. The number of nitrogens with one attached hydrogen (secondary N) is 1. The molecule has 8 nitrogen and oxygen atoms in total. The minimum absolute atomic E-state index is 0.101. The van der Waals surface area contributed by atoms with E-state index < -0.39 is 15.5 Å². The Hall–Kier alpha value is -2.81. The fourth-order valence-electron chi connectivity index (χ4n) is 1.99. The van der Waals surface area contributed by atoms with Gasteiger partial charge in [0.25, 0.3) is 5.69 Å². The molecule has 2 rings (SSSR count). The van der Waals surface area contributed by atoms with Crippen molar-refractivity contribution in [3.63, 3.8) is 0 Å². The van der Waals surface area contributed by atoms with Gasteiger partial charge >= 0.3 is 5.69 Å². The van der Waals surface area contributed by atoms with E-state index in [9.17, 15) is 20.2 Å². The summed E-state index contributed by atoms with van der Waals surface area (Å²) in [6.07, 6.45) is 4.86. The Labute approximate surface area is 142 Å². The number of nitro groups is 2. The van der Waals surface area contributed by atoms with Gasteiger partial charge in [-0.2, -0.15) is 5.10 Å². The number of hydrogen-bond acceptors (Lipinski definition) is 7. The number of hydrazone groups is 1. The second-order valence-corrected chi connectivity index (χ2v) is 6.19. The van der Waals surface area contributed by atoms with E-state index in [1.165, 1.54) is 17.0 Å². The third-order valence-electron chi connectivity index (χ3n) is 3.22. The maximum atomic E-state index is 11.0. The van der Waals surface area contributed by atoms with Gasteiger partial charge in [0, 0.05) is 15.8 Å². The van der Waals surface area contributed by atoms with Crippen molar-refractivity contribution in [1.82, 2.24) is 0 Å². The molecule has 0 unspecified atom stereocenters. The second kappa shape index (κ2) is 8.16. The van der Waals surface area contributed by atoms with Gasteiger partial charge in [0.15, 0.2) is 0 Å². The Morgan fingerprint density at radius 2 is 2.00 bits per heavy atom. The summed E-state index contributed by atoms with van der Waals surface area (Å²) in [5.74, 6) is 0. The Bertz CT molecular complexity index is 773. The molecule has 0 aliphatic rings. The predicted molar refractivity (Wildman–Crippen MR) is 93.9 cm³/mol. The Balaban J connectivity index is 2.09. The van der Waals surface area contributed by atoms with Crippen molar-refractivity contribution in [2.75, 3.05) is 5.43 Å². The van der Waals surface area contributed by atoms with Gasteiger partial charge < -0.3 is 0 Å². The summed E-state index contributed by atoms with van der Waals surface area (Å²) < 4.78 is 0. The van der Waals surface area contributed by atoms with Crippen LogP contribution in [0.15, 0.2) is 35.4 Å². The lowest BCUT2D eigenvalue weighted by atomic mass is 10.2. The predicted octanol–water partition coefficient (Wildman–Crippen LogP) is 4.35. The Kier molecular flexibility index (Phi) is 5.96. The minimum atomic E-state index is -0.682. The first-order valence-corrected chi connectivity index (χ1v) is 8.13. The number of hydrogen-bond donors (Lipinski definition) is 1. The lowest BCUT2D eigenvalue weighted by molar-refractivity contribution is -0.393. The summed E-state index contributed by atoms with van der Waals surface area (Å²) in [6.45, 7) is 2.14. The van der Waals surface area contributed by atoms with Gasteiger partial charge in [-0.1, -0.05) is 13.3 Å². The molecule has 0 fully saturated rings. The van der Waals surface area contributed by atoms with E-state index in [1.54, 1.807) is 17.6 Å². The average molecular weight is 348 g/mol. The lowest BCUT2D eigenvalue weighted by Crippen LogP contribution is -1.98. The summed E-state index contributed by atoms with van der Waals surface area (Å²) >= 11 is 1.61. The topological polar surface area (TPSA) is 111 Å². The molecule has 0 amide bonds. The van der Waals surface area contributed by atoms with Crippen LogP contribution in [0.4, 0.5) is 17.1 Å². The number of nitrogens with zero attached hydrogens (tertiary/aromatic N) is 3. The molecule has 1 N–H and O–H groups in total. The number of thiophene rings is 1. The van der Waals surface area contributed by atoms with E-state index in [-0.39, 0.29) is 11.4 Å². The zero-order valence-electron chi connectivity index (χ0n) is 13.0. The summed E-state index contributed by atoms with van der Waals surface area (Å²) in [5.41, 5.74) is 1.94. The molecule has 24 heavy (non-hydrogen) atoms. The summed E-state index contributed by atoms with van der Waals surface area (Å²) in [5, 5.41) is 25.7. The van der Waals surface area contributed by atoms with Crippen LogP contribution < -0.4 is 5.43 Å². The quantitative estimate of drug-likeness (QED) is 0.433. The Morgan fingerprint density at radius 1 is 1.21 bits per heavy atom. The van der Waals surface area contributed by atoms with Gasteiger partial charge in [0.05, 0.1) is 22.1 Å². The monoisotopic (exact) mass is 348 g/mol. The number of anilines is 1. The average Bonchev–Trinajstić information content (AvgIpc) is 3.00. The normalized spacial score (nSPS) is 10.9. The third kappa shape index (κ3) is 4.59. The molecule has 0 atom stereocenters. The van der Waals surface area contributed by atoms with Crippen LogP contribution in [-0.2, 0) is 6.42 Å². The van der Waals surface area contributed by atoms with Crippen molar-refractivity contribution in [2.24, 2.45) is 5.10 Å². The number of nitro benzene ring substituents is 2. The van der Waals surface area contributed by atoms with E-state index in [2.05, 4.69) is 17.5 Å². The Morgan fingerprint density at radius 3 is 2.67 bits per heavy atom. The van der Waals surface area contributed by atoms with Crippen LogP contribution in [0, 0.1) is 20.2 Å². The van der Waals surface area contributed by atoms with E-state index in [4.69, 9.17) is 0 Å². The van der Waals surface area contributed by atoms with Crippen molar-refractivity contribution in [2.45, 2.75) is 26.2 Å². The van der Waals surface area contributed by atoms with Crippen molar-refractivity contribution >= 4 is 34.6 Å². The van der Waals surface area contributed by atoms with Gasteiger partial charge in [-0.3, -0.25) is 25.7 Å². The number of non-ortho nitro benzene ring substituents is 1. The molecule has 0 aliphatic heterocycles. The molecule has 0 saturated carbocycles. The molecule has 1 aromatic heterocycles. The molecular formula is C15H16N4O4S. The maximum Gasteiger partial charge on any atom is 0.301 e. The van der Waals surface area contributed by atoms with E-state index in [0.717, 1.165) is 30.2 Å². The highest BCUT2D eigenvalue weighted by Gasteiger charge is 2.19. The molecule has 0 bridgehead atoms. The van der Waals surface area contributed by atoms with Crippen molar-refractivity contribution < 1.29 is 9.85 Å². The third-order valence-corrected chi connectivity index (χ3v) is 4.30. The molecule has 126 valence electrons. The molecule has 1 heterocycles. The van der Waals surface area contributed by atoms with Crippen LogP contribution >= 0.6 is 11.3 Å². The SMILES string of the molecule is CCCCc1ccc(/C=N/Nc2ccc([N+](=O)[O-])cc2[N+](=O)[O-])s1. The number of benzene rings is 1. The fourth-order valence-corrected chi connectivity index (χ4v) is 2.92. The van der Waals surface area contributed by atoms with Gasteiger partial charge in [0.1, 0.15) is 5.69 Å². The van der Waals surface area contributed by atoms with Crippen LogP contribution in [0.3, 0.4) is 0 Å². The molecule has 1 aromatic carbocycles. The lowest BCUT2D eigenvalue weighted by Gasteiger charge is -2.01. The van der Waals surface area contributed by atoms with Gasteiger partial charge in [-0.25, -0.2) is 0 Å². The smallest absolute Gasteiger partial charge is 0.272 e. The molecule has 0 aliphatic carbocycles. The molecule has 0 radical (unpaired) electrons. The van der Waals surface area contributed by atoms with Crippen LogP contribution in [0.25, 0.3) is 0 Å². The number of unbranched alkanes of at least 4 members (excludes halogenated alkanes) is 1.